The van der Waals surface area contributed by atoms with Crippen LogP contribution in [0.2, 0.25) is 10.0 Å². The minimum atomic E-state index is -0.508. The van der Waals surface area contributed by atoms with Crippen molar-refractivity contribution in [1.29, 1.82) is 0 Å². The van der Waals surface area contributed by atoms with Crippen molar-refractivity contribution in [1.82, 2.24) is 4.98 Å². The Balaban J connectivity index is 1.71. The number of carbonyl (C=O) groups is 1. The Labute approximate surface area is 153 Å². The van der Waals surface area contributed by atoms with E-state index in [2.05, 4.69) is 15.6 Å². The first-order chi connectivity index (χ1) is 12.0. The third-order valence-corrected chi connectivity index (χ3v) is 3.88. The van der Waals surface area contributed by atoms with Crippen LogP contribution in [-0.4, -0.2) is 10.9 Å². The number of nitrogens with one attached hydrogen (secondary N) is 2. The van der Waals surface area contributed by atoms with Gasteiger partial charge < -0.3 is 10.6 Å². The average molecular weight is 376 g/mol. The molecule has 0 aliphatic heterocycles. The lowest BCUT2D eigenvalue weighted by Crippen LogP contribution is -2.14. The lowest BCUT2D eigenvalue weighted by atomic mass is 10.2. The number of halogens is 3. The van der Waals surface area contributed by atoms with Gasteiger partial charge in [0.25, 0.3) is 5.91 Å². The molecule has 126 valence electrons. The number of nitrogens with zero attached hydrogens (tertiary/aromatic N) is 1. The number of hydrogen-bond acceptors (Lipinski definition) is 3. The van der Waals surface area contributed by atoms with Gasteiger partial charge in [0.15, 0.2) is 0 Å². The Kier molecular flexibility index (Phi) is 5.16. The van der Waals surface area contributed by atoms with Crippen LogP contribution >= 0.6 is 23.2 Å². The highest BCUT2D eigenvalue weighted by molar-refractivity contribution is 6.36. The first kappa shape index (κ1) is 17.2. The number of pyridine rings is 1. The Morgan fingerprint density at radius 2 is 1.80 bits per heavy atom. The summed E-state index contributed by atoms with van der Waals surface area (Å²) in [4.78, 5) is 16.2. The fraction of sp³-hybridized carbons (Fsp3) is 0. The first-order valence-corrected chi connectivity index (χ1v) is 8.02. The molecule has 0 bridgehead atoms. The molecule has 0 radical (unpaired) electrons. The molecule has 4 nitrogen and oxygen atoms in total. The molecule has 0 atom stereocenters. The second-order valence-corrected chi connectivity index (χ2v) is 5.96. The van der Waals surface area contributed by atoms with Crippen LogP contribution < -0.4 is 10.6 Å². The highest BCUT2D eigenvalue weighted by atomic mass is 35.5. The maximum absolute atomic E-state index is 13.6. The van der Waals surface area contributed by atoms with Gasteiger partial charge in [-0.3, -0.25) is 4.79 Å². The summed E-state index contributed by atoms with van der Waals surface area (Å²) in [7, 11) is 0. The van der Waals surface area contributed by atoms with E-state index in [0.29, 0.717) is 21.4 Å². The van der Waals surface area contributed by atoms with E-state index in [1.807, 2.05) is 0 Å². The topological polar surface area (TPSA) is 54.0 Å². The minimum Gasteiger partial charge on any atom is -0.353 e. The molecule has 7 heteroatoms. The number of para-hydroxylation sites is 1. The van der Waals surface area contributed by atoms with Crippen LogP contribution in [0.15, 0.2) is 60.8 Å². The highest BCUT2D eigenvalue weighted by Crippen LogP contribution is 2.28. The normalized spacial score (nSPS) is 10.4. The number of amides is 1. The summed E-state index contributed by atoms with van der Waals surface area (Å²) in [5, 5.41) is 6.56. The molecular weight excluding hydrogens is 364 g/mol. The molecule has 25 heavy (non-hydrogen) atoms. The van der Waals surface area contributed by atoms with Crippen LogP contribution in [0.5, 0.6) is 0 Å². The zero-order valence-corrected chi connectivity index (χ0v) is 14.3. The van der Waals surface area contributed by atoms with Gasteiger partial charge in [0.2, 0.25) is 0 Å². The summed E-state index contributed by atoms with van der Waals surface area (Å²) in [6.45, 7) is 0. The van der Waals surface area contributed by atoms with E-state index in [9.17, 15) is 9.18 Å². The van der Waals surface area contributed by atoms with Gasteiger partial charge in [-0.1, -0.05) is 35.3 Å². The number of anilines is 3. The van der Waals surface area contributed by atoms with Crippen molar-refractivity contribution >= 4 is 46.2 Å². The third kappa shape index (κ3) is 4.26. The van der Waals surface area contributed by atoms with Gasteiger partial charge in [-0.05, 0) is 42.5 Å². The molecule has 0 unspecified atom stereocenters. The zero-order chi connectivity index (χ0) is 17.8. The van der Waals surface area contributed by atoms with Crippen molar-refractivity contribution in [3.63, 3.8) is 0 Å². The monoisotopic (exact) mass is 375 g/mol. The van der Waals surface area contributed by atoms with Crippen LogP contribution in [0.1, 0.15) is 10.5 Å². The zero-order valence-electron chi connectivity index (χ0n) is 12.8. The number of aromatic nitrogens is 1. The Morgan fingerprint density at radius 3 is 2.48 bits per heavy atom. The molecule has 3 aromatic rings. The standard InChI is InChI=1S/C18H12Cl2FN3O/c19-11-5-7-15(13(20)9-11)23-12-6-8-17(22-10-12)18(25)24-16-4-2-1-3-14(16)21/h1-10,23H,(H,24,25). The minimum absolute atomic E-state index is 0.101. The number of benzene rings is 2. The number of hydrogen-bond donors (Lipinski definition) is 2. The maximum Gasteiger partial charge on any atom is 0.274 e. The van der Waals surface area contributed by atoms with Crippen LogP contribution in [-0.2, 0) is 0 Å². The van der Waals surface area contributed by atoms with Crippen molar-refractivity contribution in [3.05, 3.63) is 82.4 Å². The van der Waals surface area contributed by atoms with Crippen molar-refractivity contribution < 1.29 is 9.18 Å². The molecule has 2 aromatic carbocycles. The largest absolute Gasteiger partial charge is 0.353 e. The summed E-state index contributed by atoms with van der Waals surface area (Å²) in [5.74, 6) is -1.01. The molecular formula is C18H12Cl2FN3O. The highest BCUT2D eigenvalue weighted by Gasteiger charge is 2.10. The SMILES string of the molecule is O=C(Nc1ccccc1F)c1ccc(Nc2ccc(Cl)cc2Cl)cn1. The Morgan fingerprint density at radius 1 is 1.00 bits per heavy atom. The second-order valence-electron chi connectivity index (χ2n) is 5.12. The quantitative estimate of drug-likeness (QED) is 0.630. The molecule has 0 aliphatic rings. The van der Waals surface area contributed by atoms with Gasteiger partial charge in [0, 0.05) is 5.02 Å². The number of rotatable bonds is 4. The van der Waals surface area contributed by atoms with Crippen molar-refractivity contribution in [3.8, 4) is 0 Å². The lowest BCUT2D eigenvalue weighted by Gasteiger charge is -2.09. The fourth-order valence-electron chi connectivity index (χ4n) is 2.10. The fourth-order valence-corrected chi connectivity index (χ4v) is 2.55. The van der Waals surface area contributed by atoms with Gasteiger partial charge in [0.05, 0.1) is 28.3 Å². The summed E-state index contributed by atoms with van der Waals surface area (Å²) in [6.07, 6.45) is 1.49. The Hall–Kier alpha value is -2.63. The molecule has 0 fully saturated rings. The van der Waals surface area contributed by atoms with Crippen molar-refractivity contribution in [2.45, 2.75) is 0 Å². The first-order valence-electron chi connectivity index (χ1n) is 7.27. The molecule has 1 heterocycles. The van der Waals surface area contributed by atoms with Crippen LogP contribution in [0.4, 0.5) is 21.5 Å². The van der Waals surface area contributed by atoms with E-state index in [-0.39, 0.29) is 11.4 Å². The lowest BCUT2D eigenvalue weighted by molar-refractivity contribution is 0.102. The predicted octanol–water partition coefficient (Wildman–Crippen LogP) is 5.52. The van der Waals surface area contributed by atoms with E-state index in [0.717, 1.165) is 0 Å². The van der Waals surface area contributed by atoms with Crippen molar-refractivity contribution in [2.24, 2.45) is 0 Å². The van der Waals surface area contributed by atoms with E-state index in [1.54, 1.807) is 36.4 Å². The summed E-state index contributed by atoms with van der Waals surface area (Å²) in [6, 6.07) is 14.2. The molecule has 3 rings (SSSR count). The number of carbonyl (C=O) groups excluding carboxylic acids is 1. The molecule has 1 amide bonds. The van der Waals surface area contributed by atoms with Crippen LogP contribution in [0.25, 0.3) is 0 Å². The summed E-state index contributed by atoms with van der Waals surface area (Å²) < 4.78 is 13.6. The molecule has 0 saturated heterocycles. The van der Waals surface area contributed by atoms with E-state index >= 15 is 0 Å². The maximum atomic E-state index is 13.6. The van der Waals surface area contributed by atoms with Gasteiger partial charge in [-0.15, -0.1) is 0 Å². The van der Waals surface area contributed by atoms with E-state index in [1.165, 1.54) is 24.4 Å². The van der Waals surface area contributed by atoms with Crippen LogP contribution in [0.3, 0.4) is 0 Å². The van der Waals surface area contributed by atoms with Crippen LogP contribution in [0, 0.1) is 5.82 Å². The predicted molar refractivity (Wildman–Crippen MR) is 98.3 cm³/mol. The molecule has 0 saturated carbocycles. The summed E-state index contributed by atoms with van der Waals surface area (Å²) in [5.41, 5.74) is 1.57. The van der Waals surface area contributed by atoms with E-state index in [4.69, 9.17) is 23.2 Å². The van der Waals surface area contributed by atoms with Gasteiger partial charge in [0.1, 0.15) is 11.5 Å². The second kappa shape index (κ2) is 7.51. The summed E-state index contributed by atoms with van der Waals surface area (Å²) >= 11 is 12.0. The van der Waals surface area contributed by atoms with Crippen molar-refractivity contribution in [2.75, 3.05) is 10.6 Å². The molecule has 0 aliphatic carbocycles. The molecule has 2 N–H and O–H groups in total. The Bertz CT molecular complexity index is 916. The van der Waals surface area contributed by atoms with Gasteiger partial charge >= 0.3 is 0 Å². The molecule has 1 aromatic heterocycles. The van der Waals surface area contributed by atoms with Gasteiger partial charge in [-0.2, -0.15) is 0 Å². The van der Waals surface area contributed by atoms with E-state index < -0.39 is 11.7 Å². The smallest absolute Gasteiger partial charge is 0.274 e. The van der Waals surface area contributed by atoms with Gasteiger partial charge in [-0.25, -0.2) is 9.37 Å². The molecule has 0 spiro atoms. The third-order valence-electron chi connectivity index (χ3n) is 3.33. The average Bonchev–Trinajstić information content (AvgIpc) is 2.60.